The Kier molecular flexibility index (Phi) is 2.27. The predicted octanol–water partition coefficient (Wildman–Crippen LogP) is 1.73. The average Bonchev–Trinajstić information content (AvgIpc) is 1.88. The molecule has 48 valence electrons. The molecule has 0 aromatic carbocycles. The van der Waals surface area contributed by atoms with E-state index in [1.54, 1.807) is 0 Å². The number of nitrogens with zero attached hydrogens (tertiary/aromatic N) is 1. The molecule has 0 atom stereocenters. The summed E-state index contributed by atoms with van der Waals surface area (Å²) < 4.78 is 1.01. The van der Waals surface area contributed by atoms with E-state index in [9.17, 15) is 0 Å². The van der Waals surface area contributed by atoms with Crippen LogP contribution in [0, 0.1) is 3.70 Å². The van der Waals surface area contributed by atoms with Crippen LogP contribution in [-0.2, 0) is 0 Å². The minimum Gasteiger partial charge on any atom is -0.373 e. The average molecular weight is 234 g/mol. The van der Waals surface area contributed by atoms with Crippen LogP contribution in [0.25, 0.3) is 0 Å². The molecular weight excluding hydrogens is 227 g/mol. The Labute approximate surface area is 67.8 Å². The van der Waals surface area contributed by atoms with Crippen molar-refractivity contribution in [3.05, 3.63) is 21.9 Å². The van der Waals surface area contributed by atoms with Crippen LogP contribution in [0.4, 0.5) is 5.82 Å². The molecule has 1 N–H and O–H groups in total. The molecule has 0 amide bonds. The number of hydrogen-bond acceptors (Lipinski definition) is 2. The molecule has 0 spiro atoms. The molecule has 0 saturated heterocycles. The first-order chi connectivity index (χ1) is 4.33. The molecule has 0 aliphatic carbocycles. The Bertz CT molecular complexity index is 200. The third-order valence-corrected chi connectivity index (χ3v) is 1.57. The van der Waals surface area contributed by atoms with E-state index in [1.165, 1.54) is 0 Å². The van der Waals surface area contributed by atoms with Crippen molar-refractivity contribution in [1.29, 1.82) is 0 Å². The number of rotatable bonds is 1. The molecule has 1 aromatic rings. The molecule has 0 bridgehead atoms. The summed E-state index contributed by atoms with van der Waals surface area (Å²) in [5, 5.41) is 2.95. The number of aromatic nitrogens is 1. The first-order valence-electron chi connectivity index (χ1n) is 2.63. The van der Waals surface area contributed by atoms with E-state index < -0.39 is 0 Å². The zero-order valence-corrected chi connectivity index (χ0v) is 7.21. The van der Waals surface area contributed by atoms with Crippen molar-refractivity contribution in [1.82, 2.24) is 4.98 Å². The summed E-state index contributed by atoms with van der Waals surface area (Å²) in [5.41, 5.74) is 0. The van der Waals surface area contributed by atoms with Crippen LogP contribution in [0.2, 0.25) is 0 Å². The van der Waals surface area contributed by atoms with E-state index in [0.29, 0.717) is 0 Å². The van der Waals surface area contributed by atoms with Crippen LogP contribution >= 0.6 is 22.6 Å². The van der Waals surface area contributed by atoms with Gasteiger partial charge >= 0.3 is 0 Å². The van der Waals surface area contributed by atoms with Crippen LogP contribution in [-0.4, -0.2) is 12.0 Å². The highest BCUT2D eigenvalue weighted by Crippen LogP contribution is 2.04. The van der Waals surface area contributed by atoms with Crippen LogP contribution < -0.4 is 5.32 Å². The second-order valence-corrected chi connectivity index (χ2v) is 2.70. The highest BCUT2D eigenvalue weighted by Gasteiger charge is 1.87. The molecule has 0 radical (unpaired) electrons. The van der Waals surface area contributed by atoms with Crippen LogP contribution in [0.5, 0.6) is 0 Å². The summed E-state index contributed by atoms with van der Waals surface area (Å²) in [7, 11) is 1.86. The summed E-state index contributed by atoms with van der Waals surface area (Å²) in [5.74, 6) is 0.918. The van der Waals surface area contributed by atoms with Gasteiger partial charge in [0, 0.05) is 7.05 Å². The maximum absolute atomic E-state index is 4.17. The van der Waals surface area contributed by atoms with Gasteiger partial charge in [0.15, 0.2) is 0 Å². The number of hydrogen-bond donors (Lipinski definition) is 1. The number of nitrogens with one attached hydrogen (secondary N) is 1. The topological polar surface area (TPSA) is 24.9 Å². The summed E-state index contributed by atoms with van der Waals surface area (Å²) in [6.45, 7) is 0. The van der Waals surface area contributed by atoms with Crippen molar-refractivity contribution in [2.24, 2.45) is 0 Å². The van der Waals surface area contributed by atoms with Crippen LogP contribution in [0.1, 0.15) is 0 Å². The summed E-state index contributed by atoms with van der Waals surface area (Å²) >= 11 is 2.18. The Hall–Kier alpha value is -0.320. The minimum absolute atomic E-state index is 0.918. The summed E-state index contributed by atoms with van der Waals surface area (Å²) in [6, 6.07) is 5.87. The van der Waals surface area contributed by atoms with Gasteiger partial charge in [-0.05, 0) is 34.7 Å². The van der Waals surface area contributed by atoms with Crippen molar-refractivity contribution in [2.75, 3.05) is 12.4 Å². The molecule has 0 unspecified atom stereocenters. The second kappa shape index (κ2) is 3.00. The lowest BCUT2D eigenvalue weighted by Gasteiger charge is -1.96. The first-order valence-corrected chi connectivity index (χ1v) is 3.71. The fourth-order valence-corrected chi connectivity index (χ4v) is 1.01. The first kappa shape index (κ1) is 6.80. The number of anilines is 1. The zero-order valence-electron chi connectivity index (χ0n) is 5.06. The van der Waals surface area contributed by atoms with Crippen molar-refractivity contribution in [3.63, 3.8) is 0 Å². The molecular formula is C6H7IN2. The number of pyridine rings is 1. The van der Waals surface area contributed by atoms with Gasteiger partial charge in [0.05, 0.1) is 0 Å². The lowest BCUT2D eigenvalue weighted by atomic mass is 10.5. The largest absolute Gasteiger partial charge is 0.373 e. The van der Waals surface area contributed by atoms with E-state index in [0.717, 1.165) is 9.52 Å². The van der Waals surface area contributed by atoms with E-state index in [2.05, 4.69) is 32.9 Å². The molecule has 1 heterocycles. The van der Waals surface area contributed by atoms with E-state index in [-0.39, 0.29) is 0 Å². The monoisotopic (exact) mass is 234 g/mol. The minimum atomic E-state index is 0.918. The Morgan fingerprint density at radius 3 is 2.78 bits per heavy atom. The standard InChI is InChI=1S/C6H7IN2/c1-8-6-4-2-3-5(7)9-6/h2-4H,1H3,(H,8,9). The van der Waals surface area contributed by atoms with E-state index >= 15 is 0 Å². The molecule has 1 aromatic heterocycles. The maximum atomic E-state index is 4.17. The quantitative estimate of drug-likeness (QED) is 0.591. The molecule has 1 rings (SSSR count). The van der Waals surface area contributed by atoms with Crippen molar-refractivity contribution >= 4 is 28.4 Å². The fraction of sp³-hybridized carbons (Fsp3) is 0.167. The van der Waals surface area contributed by atoms with Gasteiger partial charge in [0.1, 0.15) is 9.52 Å². The van der Waals surface area contributed by atoms with Gasteiger partial charge < -0.3 is 5.32 Å². The lowest BCUT2D eigenvalue weighted by Crippen LogP contribution is -1.91. The predicted molar refractivity (Wildman–Crippen MR) is 46.5 cm³/mol. The molecule has 0 aliphatic heterocycles. The highest BCUT2D eigenvalue weighted by atomic mass is 127. The van der Waals surface area contributed by atoms with E-state index in [1.807, 2.05) is 25.2 Å². The maximum Gasteiger partial charge on any atom is 0.126 e. The second-order valence-electron chi connectivity index (χ2n) is 1.60. The molecule has 9 heavy (non-hydrogen) atoms. The zero-order chi connectivity index (χ0) is 6.69. The van der Waals surface area contributed by atoms with Gasteiger partial charge in [0.2, 0.25) is 0 Å². The molecule has 3 heteroatoms. The van der Waals surface area contributed by atoms with Gasteiger partial charge in [0.25, 0.3) is 0 Å². The fourth-order valence-electron chi connectivity index (χ4n) is 0.548. The third-order valence-electron chi connectivity index (χ3n) is 0.971. The molecule has 0 fully saturated rings. The molecule has 0 saturated carbocycles. The van der Waals surface area contributed by atoms with Gasteiger partial charge in [-0.3, -0.25) is 0 Å². The van der Waals surface area contributed by atoms with Crippen LogP contribution in [0.15, 0.2) is 18.2 Å². The Balaban J connectivity index is 2.94. The normalized spacial score (nSPS) is 9.11. The van der Waals surface area contributed by atoms with Gasteiger partial charge in [-0.15, -0.1) is 0 Å². The SMILES string of the molecule is CNc1cccc(I)n1. The number of halogens is 1. The lowest BCUT2D eigenvalue weighted by molar-refractivity contribution is 1.24. The van der Waals surface area contributed by atoms with Gasteiger partial charge in [-0.2, -0.15) is 0 Å². The Morgan fingerprint density at radius 1 is 1.56 bits per heavy atom. The van der Waals surface area contributed by atoms with Gasteiger partial charge in [-0.1, -0.05) is 6.07 Å². The molecule has 0 aliphatic rings. The molecule has 2 nitrogen and oxygen atoms in total. The van der Waals surface area contributed by atoms with Gasteiger partial charge in [-0.25, -0.2) is 4.98 Å². The summed E-state index contributed by atoms with van der Waals surface area (Å²) in [6.07, 6.45) is 0. The highest BCUT2D eigenvalue weighted by molar-refractivity contribution is 14.1. The summed E-state index contributed by atoms with van der Waals surface area (Å²) in [4.78, 5) is 4.17. The van der Waals surface area contributed by atoms with Crippen molar-refractivity contribution in [2.45, 2.75) is 0 Å². The van der Waals surface area contributed by atoms with Crippen LogP contribution in [0.3, 0.4) is 0 Å². The Morgan fingerprint density at radius 2 is 2.33 bits per heavy atom. The smallest absolute Gasteiger partial charge is 0.126 e. The third kappa shape index (κ3) is 1.82. The van der Waals surface area contributed by atoms with E-state index in [4.69, 9.17) is 0 Å². The van der Waals surface area contributed by atoms with Crippen molar-refractivity contribution in [3.8, 4) is 0 Å². The van der Waals surface area contributed by atoms with Crippen molar-refractivity contribution < 1.29 is 0 Å².